The number of hydrogen-bond acceptors (Lipinski definition) is 5. The van der Waals surface area contributed by atoms with E-state index in [1.807, 2.05) is 57.8 Å². The molecule has 2 aromatic rings. The van der Waals surface area contributed by atoms with Gasteiger partial charge in [-0.1, -0.05) is 0 Å². The second kappa shape index (κ2) is 8.33. The van der Waals surface area contributed by atoms with Crippen molar-refractivity contribution in [2.45, 2.75) is 5.92 Å². The minimum atomic E-state index is -0.102. The third kappa shape index (κ3) is 4.62. The molecule has 7 nitrogen and oxygen atoms in total. The van der Waals surface area contributed by atoms with E-state index in [0.717, 1.165) is 30.1 Å². The number of benzene rings is 1. The number of aromatic nitrogens is 2. The van der Waals surface area contributed by atoms with Crippen LogP contribution >= 0.6 is 0 Å². The van der Waals surface area contributed by atoms with Crippen molar-refractivity contribution in [2.75, 3.05) is 45.7 Å². The van der Waals surface area contributed by atoms with E-state index in [4.69, 9.17) is 4.74 Å². The topological polar surface area (TPSA) is 71.4 Å². The molecule has 1 aliphatic rings. The summed E-state index contributed by atoms with van der Waals surface area (Å²) in [7, 11) is 5.92. The van der Waals surface area contributed by atoms with E-state index in [1.165, 1.54) is 0 Å². The first-order valence-corrected chi connectivity index (χ1v) is 8.90. The molecule has 1 amide bonds. The van der Waals surface area contributed by atoms with Gasteiger partial charge in [-0.2, -0.15) is 5.10 Å². The maximum absolute atomic E-state index is 12.7. The lowest BCUT2D eigenvalue weighted by atomic mass is 9.90. The summed E-state index contributed by atoms with van der Waals surface area (Å²) >= 11 is 0. The van der Waals surface area contributed by atoms with Gasteiger partial charge in [0.05, 0.1) is 12.1 Å². The molecular weight excluding hydrogens is 330 g/mol. The van der Waals surface area contributed by atoms with Crippen LogP contribution < -0.4 is 15.4 Å². The van der Waals surface area contributed by atoms with Gasteiger partial charge in [-0.05, 0) is 43.9 Å². The first-order chi connectivity index (χ1) is 12.5. The van der Waals surface area contributed by atoms with E-state index in [9.17, 15) is 4.79 Å². The molecule has 1 aromatic carbocycles. The fraction of sp³-hybridized carbons (Fsp3) is 0.474. The zero-order chi connectivity index (χ0) is 18.5. The normalized spacial score (nSPS) is 19.7. The molecule has 0 saturated carbocycles. The summed E-state index contributed by atoms with van der Waals surface area (Å²) in [5.41, 5.74) is 1.88. The van der Waals surface area contributed by atoms with Crippen molar-refractivity contribution in [2.24, 2.45) is 13.0 Å². The average Bonchev–Trinajstić information content (AvgIpc) is 3.24. The SMILES string of the molecule is CN(C)CCOc1ccc(NC(=O)[C@H]2CNC[C@@H]2c2cnn(C)c2)cc1. The third-order valence-corrected chi connectivity index (χ3v) is 4.63. The second-order valence-corrected chi connectivity index (χ2v) is 6.98. The summed E-state index contributed by atoms with van der Waals surface area (Å²) in [6.45, 7) is 2.97. The van der Waals surface area contributed by atoms with Gasteiger partial charge in [-0.25, -0.2) is 0 Å². The summed E-state index contributed by atoms with van der Waals surface area (Å²) < 4.78 is 7.46. The number of amides is 1. The zero-order valence-corrected chi connectivity index (χ0v) is 15.6. The van der Waals surface area contributed by atoms with Gasteiger partial charge in [-0.3, -0.25) is 9.48 Å². The van der Waals surface area contributed by atoms with Gasteiger partial charge in [0.2, 0.25) is 5.91 Å². The number of hydrogen-bond donors (Lipinski definition) is 2. The maximum Gasteiger partial charge on any atom is 0.229 e. The third-order valence-electron chi connectivity index (χ3n) is 4.63. The van der Waals surface area contributed by atoms with E-state index >= 15 is 0 Å². The van der Waals surface area contributed by atoms with Crippen LogP contribution in [-0.2, 0) is 11.8 Å². The molecule has 1 aliphatic heterocycles. The van der Waals surface area contributed by atoms with Crippen LogP contribution in [0.4, 0.5) is 5.69 Å². The Morgan fingerprint density at radius 2 is 2.12 bits per heavy atom. The molecule has 3 rings (SSSR count). The van der Waals surface area contributed by atoms with Crippen molar-refractivity contribution >= 4 is 11.6 Å². The molecule has 2 N–H and O–H groups in total. The van der Waals surface area contributed by atoms with Crippen molar-refractivity contribution < 1.29 is 9.53 Å². The van der Waals surface area contributed by atoms with Crippen LogP contribution in [0.25, 0.3) is 0 Å². The van der Waals surface area contributed by atoms with E-state index in [2.05, 4.69) is 20.6 Å². The Morgan fingerprint density at radius 3 is 2.77 bits per heavy atom. The summed E-state index contributed by atoms with van der Waals surface area (Å²) in [4.78, 5) is 14.8. The summed E-state index contributed by atoms with van der Waals surface area (Å²) in [6.07, 6.45) is 3.83. The molecule has 1 fully saturated rings. The van der Waals surface area contributed by atoms with Crippen LogP contribution in [0.5, 0.6) is 5.75 Å². The highest BCUT2D eigenvalue weighted by Gasteiger charge is 2.34. The Bertz CT molecular complexity index is 726. The average molecular weight is 357 g/mol. The number of nitrogens with one attached hydrogen (secondary N) is 2. The van der Waals surface area contributed by atoms with Crippen molar-refractivity contribution in [3.63, 3.8) is 0 Å². The largest absolute Gasteiger partial charge is 0.492 e. The first kappa shape index (κ1) is 18.4. The predicted molar refractivity (Wildman–Crippen MR) is 101 cm³/mol. The molecule has 1 saturated heterocycles. The number of anilines is 1. The molecule has 26 heavy (non-hydrogen) atoms. The van der Waals surface area contributed by atoms with Crippen LogP contribution in [0.2, 0.25) is 0 Å². The molecule has 7 heteroatoms. The molecule has 0 unspecified atom stereocenters. The molecule has 2 atom stereocenters. The summed E-state index contributed by atoms with van der Waals surface area (Å²) in [6, 6.07) is 7.53. The molecule has 0 bridgehead atoms. The quantitative estimate of drug-likeness (QED) is 0.782. The van der Waals surface area contributed by atoms with Crippen LogP contribution in [0.1, 0.15) is 11.5 Å². The fourth-order valence-electron chi connectivity index (χ4n) is 3.15. The van der Waals surface area contributed by atoms with E-state index in [1.54, 1.807) is 4.68 Å². The van der Waals surface area contributed by atoms with E-state index in [-0.39, 0.29) is 17.7 Å². The zero-order valence-electron chi connectivity index (χ0n) is 15.6. The van der Waals surface area contributed by atoms with E-state index < -0.39 is 0 Å². The van der Waals surface area contributed by atoms with Gasteiger partial charge in [0.15, 0.2) is 0 Å². The van der Waals surface area contributed by atoms with Gasteiger partial charge in [0, 0.05) is 44.5 Å². The highest BCUT2D eigenvalue weighted by atomic mass is 16.5. The molecule has 140 valence electrons. The minimum Gasteiger partial charge on any atom is -0.492 e. The molecule has 0 spiro atoms. The Labute approximate surface area is 154 Å². The number of carbonyl (C=O) groups is 1. The fourth-order valence-corrected chi connectivity index (χ4v) is 3.15. The summed E-state index contributed by atoms with van der Waals surface area (Å²) in [5.74, 6) is 0.887. The Hall–Kier alpha value is -2.38. The summed E-state index contributed by atoms with van der Waals surface area (Å²) in [5, 5.41) is 10.6. The predicted octanol–water partition coefficient (Wildman–Crippen LogP) is 1.30. The number of aryl methyl sites for hydroxylation is 1. The number of nitrogens with zero attached hydrogens (tertiary/aromatic N) is 3. The number of rotatable bonds is 7. The number of carbonyl (C=O) groups excluding carboxylic acids is 1. The minimum absolute atomic E-state index is 0.0325. The monoisotopic (exact) mass is 357 g/mol. The lowest BCUT2D eigenvalue weighted by Crippen LogP contribution is -2.28. The van der Waals surface area contributed by atoms with Gasteiger partial charge in [-0.15, -0.1) is 0 Å². The lowest BCUT2D eigenvalue weighted by Gasteiger charge is -2.17. The molecule has 0 radical (unpaired) electrons. The van der Waals surface area contributed by atoms with Crippen LogP contribution in [0.3, 0.4) is 0 Å². The highest BCUT2D eigenvalue weighted by molar-refractivity contribution is 5.93. The van der Waals surface area contributed by atoms with Crippen molar-refractivity contribution in [1.82, 2.24) is 20.0 Å². The molecule has 1 aromatic heterocycles. The smallest absolute Gasteiger partial charge is 0.229 e. The van der Waals surface area contributed by atoms with Gasteiger partial charge < -0.3 is 20.3 Å². The Kier molecular flexibility index (Phi) is 5.90. The second-order valence-electron chi connectivity index (χ2n) is 6.98. The van der Waals surface area contributed by atoms with Crippen LogP contribution in [0.15, 0.2) is 36.7 Å². The van der Waals surface area contributed by atoms with Crippen LogP contribution in [0, 0.1) is 5.92 Å². The van der Waals surface area contributed by atoms with Crippen LogP contribution in [-0.4, -0.2) is 60.9 Å². The standard InChI is InChI=1S/C19H27N5O2/c1-23(2)8-9-26-16-6-4-15(5-7-16)22-19(25)18-12-20-11-17(18)14-10-21-24(3)13-14/h4-7,10,13,17-18,20H,8-9,11-12H2,1-3H3,(H,22,25)/t17-,18+/m1/s1. The van der Waals surface area contributed by atoms with Gasteiger partial charge >= 0.3 is 0 Å². The molecular formula is C19H27N5O2. The van der Waals surface area contributed by atoms with E-state index in [0.29, 0.717) is 13.2 Å². The van der Waals surface area contributed by atoms with Crippen molar-refractivity contribution in [3.8, 4) is 5.75 Å². The van der Waals surface area contributed by atoms with Crippen molar-refractivity contribution in [3.05, 3.63) is 42.2 Å². The van der Waals surface area contributed by atoms with Crippen molar-refractivity contribution in [1.29, 1.82) is 0 Å². The number of likely N-dealkylation sites (N-methyl/N-ethyl adjacent to an activating group) is 1. The van der Waals surface area contributed by atoms with Gasteiger partial charge in [0.1, 0.15) is 12.4 Å². The Balaban J connectivity index is 1.57. The van der Waals surface area contributed by atoms with Gasteiger partial charge in [0.25, 0.3) is 0 Å². The molecule has 0 aliphatic carbocycles. The first-order valence-electron chi connectivity index (χ1n) is 8.90. The number of ether oxygens (including phenoxy) is 1. The highest BCUT2D eigenvalue weighted by Crippen LogP contribution is 2.29. The Morgan fingerprint density at radius 1 is 1.35 bits per heavy atom. The lowest BCUT2D eigenvalue weighted by molar-refractivity contribution is -0.119. The molecule has 2 heterocycles. The maximum atomic E-state index is 12.7.